The van der Waals surface area contributed by atoms with Gasteiger partial charge in [-0.1, -0.05) is 12.1 Å². The van der Waals surface area contributed by atoms with E-state index < -0.39 is 54.3 Å². The highest BCUT2D eigenvalue weighted by Gasteiger charge is 2.29. The van der Waals surface area contributed by atoms with Crippen molar-refractivity contribution in [3.05, 3.63) is 48.0 Å². The van der Waals surface area contributed by atoms with Crippen molar-refractivity contribution in [2.75, 3.05) is 6.54 Å². The van der Waals surface area contributed by atoms with Gasteiger partial charge in [0.25, 0.3) is 0 Å². The summed E-state index contributed by atoms with van der Waals surface area (Å²) in [4.78, 5) is 67.0. The topological polar surface area (TPSA) is 243 Å². The molecule has 3 atom stereocenters. The lowest BCUT2D eigenvalue weighted by atomic mass is 10.0. The number of phenolic OH excluding ortho intramolecular Hbond substituents is 1. The predicted molar refractivity (Wildman–Crippen MR) is 125 cm³/mol. The second kappa shape index (κ2) is 13.4. The number of aromatic nitrogens is 2. The fraction of sp³-hybridized carbons (Fsp3) is 0.364. The fourth-order valence-electron chi connectivity index (χ4n) is 3.17. The summed E-state index contributed by atoms with van der Waals surface area (Å²) in [5.41, 5.74) is 12.0. The molecule has 36 heavy (non-hydrogen) atoms. The number of amides is 4. The minimum atomic E-state index is -1.27. The van der Waals surface area contributed by atoms with Crippen LogP contribution in [-0.2, 0) is 36.8 Å². The normalized spacial score (nSPS) is 13.1. The summed E-state index contributed by atoms with van der Waals surface area (Å²) in [6, 6.07) is 2.39. The van der Waals surface area contributed by atoms with E-state index in [9.17, 15) is 29.1 Å². The number of aromatic amines is 1. The number of carbonyl (C=O) groups is 5. The molecule has 14 heteroatoms. The molecule has 2 aromatic rings. The first-order valence-corrected chi connectivity index (χ1v) is 10.9. The molecule has 0 aliphatic rings. The molecule has 2 rings (SSSR count). The van der Waals surface area contributed by atoms with Gasteiger partial charge in [-0.05, 0) is 24.1 Å². The maximum absolute atomic E-state index is 13.2. The number of phenols is 1. The second-order valence-corrected chi connectivity index (χ2v) is 8.00. The number of hydrogen-bond acceptors (Lipinski definition) is 8. The van der Waals surface area contributed by atoms with Gasteiger partial charge in [0.15, 0.2) is 0 Å². The number of carboxylic acids is 1. The van der Waals surface area contributed by atoms with Gasteiger partial charge in [-0.2, -0.15) is 0 Å². The molecule has 0 saturated carbocycles. The van der Waals surface area contributed by atoms with E-state index in [4.69, 9.17) is 16.6 Å². The zero-order valence-electron chi connectivity index (χ0n) is 19.3. The molecule has 1 aromatic carbocycles. The van der Waals surface area contributed by atoms with Crippen LogP contribution in [0.3, 0.4) is 0 Å². The Morgan fingerprint density at radius 3 is 2.19 bits per heavy atom. The van der Waals surface area contributed by atoms with Gasteiger partial charge >= 0.3 is 5.97 Å². The Balaban J connectivity index is 2.19. The number of aliphatic carboxylic acids is 1. The highest BCUT2D eigenvalue weighted by atomic mass is 16.4. The van der Waals surface area contributed by atoms with Crippen molar-refractivity contribution >= 4 is 29.6 Å². The third-order valence-corrected chi connectivity index (χ3v) is 5.07. The first-order valence-electron chi connectivity index (χ1n) is 10.9. The molecule has 10 N–H and O–H groups in total. The molecule has 0 saturated heterocycles. The molecule has 1 heterocycles. The summed E-state index contributed by atoms with van der Waals surface area (Å²) in [7, 11) is 0. The minimum Gasteiger partial charge on any atom is -0.508 e. The van der Waals surface area contributed by atoms with Crippen molar-refractivity contribution in [1.29, 1.82) is 0 Å². The summed E-state index contributed by atoms with van der Waals surface area (Å²) >= 11 is 0. The summed E-state index contributed by atoms with van der Waals surface area (Å²) in [6.45, 7) is -0.663. The molecule has 0 radical (unpaired) electrons. The molecular weight excluding hydrogens is 474 g/mol. The lowest BCUT2D eigenvalue weighted by molar-refractivity contribution is -0.138. The highest BCUT2D eigenvalue weighted by molar-refractivity contribution is 5.94. The van der Waals surface area contributed by atoms with Crippen LogP contribution in [0.2, 0.25) is 0 Å². The van der Waals surface area contributed by atoms with Gasteiger partial charge in [0.05, 0.1) is 12.4 Å². The quantitative estimate of drug-likeness (QED) is 0.137. The molecule has 3 unspecified atom stereocenters. The third kappa shape index (κ3) is 9.42. The molecule has 4 amide bonds. The summed E-state index contributed by atoms with van der Waals surface area (Å²) in [6.07, 6.45) is 2.64. The summed E-state index contributed by atoms with van der Waals surface area (Å²) in [5, 5.41) is 25.6. The number of benzene rings is 1. The molecule has 0 bridgehead atoms. The van der Waals surface area contributed by atoms with Crippen LogP contribution in [0.4, 0.5) is 0 Å². The minimum absolute atomic E-state index is 0.00433. The van der Waals surface area contributed by atoms with Crippen LogP contribution in [0.1, 0.15) is 24.1 Å². The number of H-pyrrole nitrogens is 1. The second-order valence-electron chi connectivity index (χ2n) is 8.00. The molecular formula is C22H29N7O7. The van der Waals surface area contributed by atoms with Gasteiger partial charge < -0.3 is 42.6 Å². The average Bonchev–Trinajstić information content (AvgIpc) is 3.34. The number of rotatable bonds is 14. The summed E-state index contributed by atoms with van der Waals surface area (Å²) < 4.78 is 0. The van der Waals surface area contributed by atoms with E-state index in [0.29, 0.717) is 11.3 Å². The highest BCUT2D eigenvalue weighted by Crippen LogP contribution is 2.12. The standard InChI is InChI=1S/C22H29N7O7/c23-15(5-6-18(24)31)20(34)28-17(8-13-9-25-11-27-13)22(36)29-16(21(35)26-10-19(32)33)7-12-1-3-14(30)4-2-12/h1-4,9,11,15-17,30H,5-8,10,23H2,(H2,24,31)(H,25,27)(H,26,35)(H,28,34)(H,29,36)(H,32,33). The van der Waals surface area contributed by atoms with E-state index >= 15 is 0 Å². The van der Waals surface area contributed by atoms with Crippen LogP contribution in [0, 0.1) is 0 Å². The van der Waals surface area contributed by atoms with Crippen molar-refractivity contribution in [1.82, 2.24) is 25.9 Å². The maximum Gasteiger partial charge on any atom is 0.322 e. The van der Waals surface area contributed by atoms with E-state index in [-0.39, 0.29) is 31.4 Å². The van der Waals surface area contributed by atoms with E-state index in [2.05, 4.69) is 25.9 Å². The number of imidazole rings is 1. The van der Waals surface area contributed by atoms with Crippen LogP contribution in [0.5, 0.6) is 5.75 Å². The van der Waals surface area contributed by atoms with Gasteiger partial charge in [-0.15, -0.1) is 0 Å². The Morgan fingerprint density at radius 2 is 1.61 bits per heavy atom. The Labute approximate surface area is 205 Å². The Bertz CT molecular complexity index is 1060. The van der Waals surface area contributed by atoms with E-state index in [0.717, 1.165) is 0 Å². The number of nitrogens with two attached hydrogens (primary N) is 2. The van der Waals surface area contributed by atoms with Crippen molar-refractivity contribution in [2.45, 2.75) is 43.8 Å². The van der Waals surface area contributed by atoms with E-state index in [1.54, 1.807) is 12.1 Å². The average molecular weight is 504 g/mol. The van der Waals surface area contributed by atoms with Gasteiger partial charge in [0.1, 0.15) is 24.4 Å². The number of nitrogens with one attached hydrogen (secondary N) is 4. The van der Waals surface area contributed by atoms with Crippen LogP contribution in [-0.4, -0.2) is 74.4 Å². The first kappa shape index (κ1) is 27.8. The van der Waals surface area contributed by atoms with Crippen molar-refractivity contribution in [3.63, 3.8) is 0 Å². The van der Waals surface area contributed by atoms with Crippen molar-refractivity contribution in [3.8, 4) is 5.75 Å². The number of aromatic hydroxyl groups is 1. The van der Waals surface area contributed by atoms with Crippen LogP contribution >= 0.6 is 0 Å². The van der Waals surface area contributed by atoms with Gasteiger partial charge in [-0.3, -0.25) is 24.0 Å². The zero-order valence-corrected chi connectivity index (χ0v) is 19.3. The zero-order chi connectivity index (χ0) is 26.7. The van der Waals surface area contributed by atoms with Crippen LogP contribution in [0.15, 0.2) is 36.8 Å². The summed E-state index contributed by atoms with van der Waals surface area (Å²) in [5.74, 6) is -4.11. The molecule has 194 valence electrons. The number of nitrogens with zero attached hydrogens (tertiary/aromatic N) is 1. The Morgan fingerprint density at radius 1 is 0.972 bits per heavy atom. The number of primary amides is 1. The predicted octanol–water partition coefficient (Wildman–Crippen LogP) is -2.34. The maximum atomic E-state index is 13.2. The lowest BCUT2D eigenvalue weighted by Crippen LogP contribution is -2.57. The molecule has 0 aliphatic carbocycles. The fourth-order valence-corrected chi connectivity index (χ4v) is 3.17. The Hall–Kier alpha value is -4.46. The third-order valence-electron chi connectivity index (χ3n) is 5.07. The monoisotopic (exact) mass is 503 g/mol. The van der Waals surface area contributed by atoms with Crippen molar-refractivity contribution in [2.24, 2.45) is 11.5 Å². The Kier molecular flexibility index (Phi) is 10.4. The largest absolute Gasteiger partial charge is 0.508 e. The first-order chi connectivity index (χ1) is 17.0. The van der Waals surface area contributed by atoms with Gasteiger partial charge in [0.2, 0.25) is 23.6 Å². The molecule has 0 spiro atoms. The lowest BCUT2D eigenvalue weighted by Gasteiger charge is -2.24. The van der Waals surface area contributed by atoms with Gasteiger partial charge in [-0.25, -0.2) is 4.98 Å². The molecule has 1 aromatic heterocycles. The van der Waals surface area contributed by atoms with Gasteiger partial charge in [0, 0.05) is 31.2 Å². The molecule has 0 aliphatic heterocycles. The van der Waals surface area contributed by atoms with Crippen molar-refractivity contribution < 1.29 is 34.2 Å². The molecule has 0 fully saturated rings. The van der Waals surface area contributed by atoms with Crippen LogP contribution < -0.4 is 27.4 Å². The number of carbonyl (C=O) groups excluding carboxylic acids is 4. The van der Waals surface area contributed by atoms with E-state index in [1.807, 2.05) is 0 Å². The SMILES string of the molecule is NC(=O)CCC(N)C(=O)NC(Cc1cnc[nH]1)C(=O)NC(Cc1ccc(O)cc1)C(=O)NCC(=O)O. The smallest absolute Gasteiger partial charge is 0.322 e. The molecule has 14 nitrogen and oxygen atoms in total. The van der Waals surface area contributed by atoms with E-state index in [1.165, 1.54) is 24.7 Å². The number of hydrogen-bond donors (Lipinski definition) is 8. The van der Waals surface area contributed by atoms with Crippen LogP contribution in [0.25, 0.3) is 0 Å². The number of carboxylic acid groups (broad SMARTS) is 1.